The van der Waals surface area contributed by atoms with Gasteiger partial charge in [0.1, 0.15) is 11.4 Å². The number of sulfone groups is 1. The molecule has 3 heterocycles. The number of rotatable bonds is 7. The van der Waals surface area contributed by atoms with Crippen LogP contribution in [0.25, 0.3) is 39.4 Å². The van der Waals surface area contributed by atoms with Crippen LogP contribution < -0.4 is 4.74 Å². The van der Waals surface area contributed by atoms with E-state index >= 15 is 0 Å². The molecule has 0 amide bonds. The molecule has 14 heteroatoms. The standard InChI is InChI=1S/C28H22ClF3N4O5S/c1-15-22(29)13-36(35-15)24-9-6-18(19-11-25(42(3,38)39)23(14-37)33-12-19)10-21(24)27-26(34-16(2)40-27)17-4-7-20(8-5-17)41-28(30,31)32/h4-13,37H,14H2,1-3H3. The van der Waals surface area contributed by atoms with E-state index in [0.29, 0.717) is 44.4 Å². The van der Waals surface area contributed by atoms with Gasteiger partial charge in [0, 0.05) is 42.3 Å². The summed E-state index contributed by atoms with van der Waals surface area (Å²) in [6, 6.07) is 11.8. The summed E-state index contributed by atoms with van der Waals surface area (Å²) in [5.74, 6) is 0.175. The second kappa shape index (κ2) is 10.9. The van der Waals surface area contributed by atoms with Gasteiger partial charge in [-0.25, -0.2) is 18.1 Å². The van der Waals surface area contributed by atoms with Gasteiger partial charge in [-0.15, -0.1) is 13.2 Å². The van der Waals surface area contributed by atoms with Gasteiger partial charge in [-0.1, -0.05) is 17.7 Å². The minimum Gasteiger partial charge on any atom is -0.440 e. The minimum atomic E-state index is -4.84. The molecule has 3 aromatic heterocycles. The number of hydrogen-bond donors (Lipinski definition) is 1. The Morgan fingerprint density at radius 2 is 1.74 bits per heavy atom. The molecular formula is C28H22ClF3N4O5S. The van der Waals surface area contributed by atoms with Crippen molar-refractivity contribution in [2.45, 2.75) is 31.7 Å². The number of alkyl halides is 3. The Hall–Kier alpha value is -4.20. The number of aromatic nitrogens is 4. The number of oxazole rings is 1. The van der Waals surface area contributed by atoms with Crippen molar-refractivity contribution in [3.05, 3.63) is 83.2 Å². The molecule has 0 unspecified atom stereocenters. The van der Waals surface area contributed by atoms with Crippen molar-refractivity contribution in [1.29, 1.82) is 0 Å². The van der Waals surface area contributed by atoms with Gasteiger partial charge in [0.25, 0.3) is 0 Å². The lowest BCUT2D eigenvalue weighted by Crippen LogP contribution is -2.16. The average molecular weight is 619 g/mol. The zero-order valence-electron chi connectivity index (χ0n) is 22.3. The van der Waals surface area contributed by atoms with Crippen LogP contribution in [0.15, 0.2) is 70.2 Å². The normalized spacial score (nSPS) is 12.1. The second-order valence-corrected chi connectivity index (χ2v) is 11.7. The first-order valence-corrected chi connectivity index (χ1v) is 14.5. The number of ether oxygens (including phenoxy) is 1. The summed E-state index contributed by atoms with van der Waals surface area (Å²) in [4.78, 5) is 8.52. The van der Waals surface area contributed by atoms with Crippen molar-refractivity contribution in [2.75, 3.05) is 6.26 Å². The molecule has 0 radical (unpaired) electrons. The van der Waals surface area contributed by atoms with Gasteiger partial charge < -0.3 is 14.3 Å². The van der Waals surface area contributed by atoms with Crippen LogP contribution in [0, 0.1) is 13.8 Å². The Morgan fingerprint density at radius 1 is 1.05 bits per heavy atom. The average Bonchev–Trinajstić information content (AvgIpc) is 3.48. The van der Waals surface area contributed by atoms with Gasteiger partial charge in [-0.2, -0.15) is 5.10 Å². The quantitative estimate of drug-likeness (QED) is 0.225. The van der Waals surface area contributed by atoms with Crippen LogP contribution in [0.1, 0.15) is 17.3 Å². The number of pyridine rings is 1. The second-order valence-electron chi connectivity index (χ2n) is 9.32. The van der Waals surface area contributed by atoms with Gasteiger partial charge in [0.05, 0.1) is 33.6 Å². The molecule has 0 spiro atoms. The number of aliphatic hydroxyl groups is 1. The zero-order chi connectivity index (χ0) is 30.4. The van der Waals surface area contributed by atoms with Gasteiger partial charge in [0.15, 0.2) is 21.5 Å². The third-order valence-corrected chi connectivity index (χ3v) is 7.76. The molecule has 42 heavy (non-hydrogen) atoms. The van der Waals surface area contributed by atoms with E-state index in [2.05, 4.69) is 19.8 Å². The Labute approximate surface area is 243 Å². The van der Waals surface area contributed by atoms with Crippen LogP contribution in [0.3, 0.4) is 0 Å². The first-order chi connectivity index (χ1) is 19.7. The van der Waals surface area contributed by atoms with Crippen molar-refractivity contribution < 1.29 is 35.8 Å². The van der Waals surface area contributed by atoms with E-state index in [1.54, 1.807) is 42.9 Å². The van der Waals surface area contributed by atoms with Crippen LogP contribution in [-0.4, -0.2) is 45.9 Å². The Balaban J connectivity index is 1.70. The smallest absolute Gasteiger partial charge is 0.440 e. The SMILES string of the molecule is Cc1nc(-c2ccc(OC(F)(F)F)cc2)c(-c2cc(-c3cnc(CO)c(S(C)(=O)=O)c3)ccc2-n2cc(Cl)c(C)n2)o1. The maximum Gasteiger partial charge on any atom is 0.573 e. The fourth-order valence-corrected chi connectivity index (χ4v) is 5.37. The van der Waals surface area contributed by atoms with Gasteiger partial charge in [-0.3, -0.25) is 4.98 Å². The molecule has 0 aliphatic carbocycles. The van der Waals surface area contributed by atoms with E-state index in [1.807, 2.05) is 0 Å². The van der Waals surface area contributed by atoms with Crippen LogP contribution in [-0.2, 0) is 16.4 Å². The Morgan fingerprint density at radius 3 is 2.33 bits per heavy atom. The summed E-state index contributed by atoms with van der Waals surface area (Å²) in [5, 5.41) is 14.5. The molecule has 5 aromatic rings. The molecule has 9 nitrogen and oxygen atoms in total. The number of benzene rings is 2. The van der Waals surface area contributed by atoms with Crippen LogP contribution in [0.2, 0.25) is 5.02 Å². The van der Waals surface area contributed by atoms with E-state index in [0.717, 1.165) is 6.26 Å². The molecular weight excluding hydrogens is 597 g/mol. The third kappa shape index (κ3) is 6.03. The molecule has 218 valence electrons. The number of aryl methyl sites for hydroxylation is 2. The lowest BCUT2D eigenvalue weighted by molar-refractivity contribution is -0.274. The van der Waals surface area contributed by atoms with E-state index in [1.165, 1.54) is 36.5 Å². The van der Waals surface area contributed by atoms with E-state index in [-0.39, 0.29) is 22.2 Å². The summed E-state index contributed by atoms with van der Waals surface area (Å²) in [6.45, 7) is 2.81. The van der Waals surface area contributed by atoms with Gasteiger partial charge >= 0.3 is 6.36 Å². The molecule has 0 fully saturated rings. The molecule has 0 saturated heterocycles. The topological polar surface area (TPSA) is 120 Å². The lowest BCUT2D eigenvalue weighted by Gasteiger charge is -2.13. The Bertz CT molecular complexity index is 1880. The fourth-order valence-electron chi connectivity index (χ4n) is 4.35. The van der Waals surface area contributed by atoms with E-state index < -0.39 is 28.6 Å². The van der Waals surface area contributed by atoms with Crippen LogP contribution in [0.4, 0.5) is 13.2 Å². The van der Waals surface area contributed by atoms with Gasteiger partial charge in [0.2, 0.25) is 0 Å². The van der Waals surface area contributed by atoms with Crippen molar-refractivity contribution in [1.82, 2.24) is 19.7 Å². The number of nitrogens with zero attached hydrogens (tertiary/aromatic N) is 4. The van der Waals surface area contributed by atoms with Crippen molar-refractivity contribution in [3.8, 4) is 45.1 Å². The monoisotopic (exact) mass is 618 g/mol. The van der Waals surface area contributed by atoms with Crippen molar-refractivity contribution in [3.63, 3.8) is 0 Å². The highest BCUT2D eigenvalue weighted by molar-refractivity contribution is 7.90. The van der Waals surface area contributed by atoms with E-state index in [4.69, 9.17) is 16.0 Å². The van der Waals surface area contributed by atoms with Crippen LogP contribution in [0.5, 0.6) is 5.75 Å². The summed E-state index contributed by atoms with van der Waals surface area (Å²) in [7, 11) is -3.71. The number of aliphatic hydroxyl groups excluding tert-OH is 1. The molecule has 0 bridgehead atoms. The van der Waals surface area contributed by atoms with Crippen molar-refractivity contribution >= 4 is 21.4 Å². The highest BCUT2D eigenvalue weighted by Gasteiger charge is 2.31. The Kier molecular flexibility index (Phi) is 7.60. The summed E-state index contributed by atoms with van der Waals surface area (Å²) >= 11 is 6.29. The minimum absolute atomic E-state index is 0.0193. The van der Waals surface area contributed by atoms with E-state index in [9.17, 15) is 26.7 Å². The predicted molar refractivity (Wildman–Crippen MR) is 148 cm³/mol. The fraction of sp³-hybridized carbons (Fsp3) is 0.179. The molecule has 5 rings (SSSR count). The van der Waals surface area contributed by atoms with Crippen LogP contribution >= 0.6 is 11.6 Å². The first-order valence-electron chi connectivity index (χ1n) is 12.2. The summed E-state index contributed by atoms with van der Waals surface area (Å²) in [5.41, 5.74) is 3.40. The molecule has 0 atom stereocenters. The molecule has 0 aliphatic heterocycles. The largest absolute Gasteiger partial charge is 0.573 e. The molecule has 2 aromatic carbocycles. The maximum atomic E-state index is 12.7. The molecule has 1 N–H and O–H groups in total. The first kappa shape index (κ1) is 29.3. The highest BCUT2D eigenvalue weighted by atomic mass is 35.5. The predicted octanol–water partition coefficient (Wildman–Crippen LogP) is 6.32. The van der Waals surface area contributed by atoms with Gasteiger partial charge in [-0.05, 0) is 55.0 Å². The number of hydrogen-bond acceptors (Lipinski definition) is 8. The summed E-state index contributed by atoms with van der Waals surface area (Å²) in [6.07, 6.45) is -0.752. The third-order valence-electron chi connectivity index (χ3n) is 6.24. The molecule has 0 saturated carbocycles. The zero-order valence-corrected chi connectivity index (χ0v) is 23.8. The summed E-state index contributed by atoms with van der Waals surface area (Å²) < 4.78 is 74.4. The maximum absolute atomic E-state index is 12.7. The van der Waals surface area contributed by atoms with Crippen molar-refractivity contribution in [2.24, 2.45) is 0 Å². The lowest BCUT2D eigenvalue weighted by atomic mass is 9.99. The highest BCUT2D eigenvalue weighted by Crippen LogP contribution is 2.39. The number of halogens is 4. The molecule has 0 aliphatic rings.